The molecular weight excluding hydrogens is 162 g/mol. The van der Waals surface area contributed by atoms with Crippen LogP contribution in [-0.2, 0) is 4.79 Å². The van der Waals surface area contributed by atoms with Gasteiger partial charge in [-0.1, -0.05) is 13.8 Å². The summed E-state index contributed by atoms with van der Waals surface area (Å²) in [7, 11) is 0. The monoisotopic (exact) mass is 181 g/mol. The van der Waals surface area contributed by atoms with Gasteiger partial charge in [0.1, 0.15) is 5.78 Å². The Morgan fingerprint density at radius 1 is 1.46 bits per heavy atom. The van der Waals surface area contributed by atoms with Gasteiger partial charge in [-0.15, -0.1) is 0 Å². The van der Waals surface area contributed by atoms with Crippen molar-refractivity contribution in [1.82, 2.24) is 4.90 Å². The Labute approximate surface area is 80.3 Å². The van der Waals surface area contributed by atoms with Crippen LogP contribution in [-0.4, -0.2) is 29.8 Å². The highest BCUT2D eigenvalue weighted by atomic mass is 16.1. The van der Waals surface area contributed by atoms with Crippen LogP contribution < -0.4 is 0 Å². The summed E-state index contributed by atoms with van der Waals surface area (Å²) in [5.74, 6) is 1.52. The molecule has 1 saturated heterocycles. The number of hydrogen-bond acceptors (Lipinski definition) is 2. The van der Waals surface area contributed by atoms with Crippen molar-refractivity contribution >= 4 is 5.78 Å². The molecule has 0 spiro atoms. The van der Waals surface area contributed by atoms with Crippen LogP contribution in [0.3, 0.4) is 0 Å². The fraction of sp³-hybridized carbons (Fsp3) is 0.909. The van der Waals surface area contributed by atoms with E-state index in [0.717, 1.165) is 12.0 Å². The molecule has 1 aliphatic heterocycles. The summed E-state index contributed by atoms with van der Waals surface area (Å²) in [6, 6.07) is 0.743. The van der Waals surface area contributed by atoms with E-state index in [1.54, 1.807) is 0 Å². The molecule has 2 heteroatoms. The minimum atomic E-state index is 0.208. The normalized spacial score (nSPS) is 33.2. The zero-order valence-corrected chi connectivity index (χ0v) is 8.62. The second kappa shape index (κ2) is 3.41. The van der Waals surface area contributed by atoms with E-state index >= 15 is 0 Å². The van der Waals surface area contributed by atoms with Crippen LogP contribution in [0, 0.1) is 11.8 Å². The number of fused-ring (bicyclic) bond motifs is 2. The SMILES string of the molecule is CC(C)C(=O)CN1CC2CCC1C2. The molecule has 2 aliphatic rings. The van der Waals surface area contributed by atoms with E-state index in [1.807, 2.05) is 13.8 Å². The van der Waals surface area contributed by atoms with Crippen LogP contribution in [0.4, 0.5) is 0 Å². The minimum Gasteiger partial charge on any atom is -0.298 e. The first-order valence-corrected chi connectivity index (χ1v) is 5.43. The number of hydrogen-bond donors (Lipinski definition) is 0. The Kier molecular flexibility index (Phi) is 2.41. The van der Waals surface area contributed by atoms with Crippen molar-refractivity contribution in [3.63, 3.8) is 0 Å². The van der Waals surface area contributed by atoms with Crippen LogP contribution in [0.2, 0.25) is 0 Å². The first-order chi connectivity index (χ1) is 6.16. The van der Waals surface area contributed by atoms with E-state index in [9.17, 15) is 4.79 Å². The maximum atomic E-state index is 11.5. The highest BCUT2D eigenvalue weighted by Crippen LogP contribution is 2.37. The minimum absolute atomic E-state index is 0.208. The van der Waals surface area contributed by atoms with Crippen LogP contribution >= 0.6 is 0 Å². The van der Waals surface area contributed by atoms with E-state index in [-0.39, 0.29) is 5.92 Å². The maximum Gasteiger partial charge on any atom is 0.149 e. The fourth-order valence-corrected chi connectivity index (χ4v) is 2.60. The molecule has 2 bridgehead atoms. The van der Waals surface area contributed by atoms with E-state index in [4.69, 9.17) is 0 Å². The zero-order valence-electron chi connectivity index (χ0n) is 8.62. The van der Waals surface area contributed by atoms with Crippen molar-refractivity contribution in [3.05, 3.63) is 0 Å². The lowest BCUT2D eigenvalue weighted by molar-refractivity contribution is -0.123. The first kappa shape index (κ1) is 9.20. The molecule has 0 aromatic rings. The molecule has 0 aromatic heterocycles. The maximum absolute atomic E-state index is 11.5. The summed E-state index contributed by atoms with van der Waals surface area (Å²) in [6.07, 6.45) is 4.08. The van der Waals surface area contributed by atoms with Gasteiger partial charge >= 0.3 is 0 Å². The molecule has 1 heterocycles. The third kappa shape index (κ3) is 1.78. The van der Waals surface area contributed by atoms with E-state index in [2.05, 4.69) is 4.90 Å². The fourth-order valence-electron chi connectivity index (χ4n) is 2.60. The molecule has 2 rings (SSSR count). The van der Waals surface area contributed by atoms with E-state index in [0.29, 0.717) is 12.3 Å². The molecule has 74 valence electrons. The molecule has 1 saturated carbocycles. The number of carbonyl (C=O) groups excluding carboxylic acids is 1. The van der Waals surface area contributed by atoms with Crippen LogP contribution in [0.25, 0.3) is 0 Å². The third-order valence-electron chi connectivity index (χ3n) is 3.53. The van der Waals surface area contributed by atoms with Gasteiger partial charge < -0.3 is 0 Å². The summed E-state index contributed by atoms with van der Waals surface area (Å²) >= 11 is 0. The topological polar surface area (TPSA) is 20.3 Å². The number of ketones is 1. The lowest BCUT2D eigenvalue weighted by atomic mass is 10.1. The highest BCUT2D eigenvalue weighted by Gasteiger charge is 2.38. The number of carbonyl (C=O) groups is 1. The standard InChI is InChI=1S/C11H19NO/c1-8(2)11(13)7-12-6-9-3-4-10(12)5-9/h8-10H,3-7H2,1-2H3. The van der Waals surface area contributed by atoms with Gasteiger partial charge in [0.05, 0.1) is 6.54 Å². The predicted molar refractivity (Wildman–Crippen MR) is 52.5 cm³/mol. The van der Waals surface area contributed by atoms with Gasteiger partial charge in [-0.25, -0.2) is 0 Å². The first-order valence-electron chi connectivity index (χ1n) is 5.43. The molecule has 2 nitrogen and oxygen atoms in total. The van der Waals surface area contributed by atoms with Crippen molar-refractivity contribution in [2.75, 3.05) is 13.1 Å². The van der Waals surface area contributed by atoms with E-state index in [1.165, 1.54) is 25.8 Å². The molecule has 0 N–H and O–H groups in total. The molecule has 1 aliphatic carbocycles. The van der Waals surface area contributed by atoms with Gasteiger partial charge in [-0.2, -0.15) is 0 Å². The summed E-state index contributed by atoms with van der Waals surface area (Å²) in [6.45, 7) is 5.88. The average molecular weight is 181 g/mol. The van der Waals surface area contributed by atoms with Crippen LogP contribution in [0.5, 0.6) is 0 Å². The van der Waals surface area contributed by atoms with Gasteiger partial charge in [0.25, 0.3) is 0 Å². The average Bonchev–Trinajstić information content (AvgIpc) is 2.64. The second-order valence-corrected chi connectivity index (χ2v) is 4.88. The Bertz CT molecular complexity index is 212. The molecule has 13 heavy (non-hydrogen) atoms. The van der Waals surface area contributed by atoms with Crippen molar-refractivity contribution in [1.29, 1.82) is 0 Å². The predicted octanol–water partition coefficient (Wildman–Crippen LogP) is 1.70. The molecule has 2 unspecified atom stereocenters. The largest absolute Gasteiger partial charge is 0.298 e. The van der Waals surface area contributed by atoms with Gasteiger partial charge in [-0.3, -0.25) is 9.69 Å². The van der Waals surface area contributed by atoms with E-state index < -0.39 is 0 Å². The molecule has 2 fully saturated rings. The van der Waals surface area contributed by atoms with Crippen molar-refractivity contribution < 1.29 is 4.79 Å². The van der Waals surface area contributed by atoms with Crippen molar-refractivity contribution in [3.8, 4) is 0 Å². The molecule has 2 atom stereocenters. The molecule has 0 radical (unpaired) electrons. The summed E-state index contributed by atoms with van der Waals surface area (Å²) in [5, 5.41) is 0. The Morgan fingerprint density at radius 2 is 2.23 bits per heavy atom. The Hall–Kier alpha value is -0.370. The van der Waals surface area contributed by atoms with Crippen molar-refractivity contribution in [2.24, 2.45) is 11.8 Å². The van der Waals surface area contributed by atoms with Gasteiger partial charge in [-0.05, 0) is 25.2 Å². The Balaban J connectivity index is 1.86. The molecule has 0 aromatic carbocycles. The zero-order chi connectivity index (χ0) is 9.42. The van der Waals surface area contributed by atoms with Gasteiger partial charge in [0, 0.05) is 18.5 Å². The third-order valence-corrected chi connectivity index (χ3v) is 3.53. The lowest BCUT2D eigenvalue weighted by Gasteiger charge is -2.26. The molecular formula is C11H19NO. The smallest absolute Gasteiger partial charge is 0.149 e. The van der Waals surface area contributed by atoms with Gasteiger partial charge in [0.2, 0.25) is 0 Å². The molecule has 0 amide bonds. The summed E-state index contributed by atoms with van der Waals surface area (Å²) < 4.78 is 0. The summed E-state index contributed by atoms with van der Waals surface area (Å²) in [5.41, 5.74) is 0. The number of Topliss-reactive ketones (excluding diaryl/α,β-unsaturated/α-hetero) is 1. The number of rotatable bonds is 3. The number of nitrogens with zero attached hydrogens (tertiary/aromatic N) is 1. The highest BCUT2D eigenvalue weighted by molar-refractivity contribution is 5.82. The number of piperidine rings is 1. The Morgan fingerprint density at radius 3 is 2.69 bits per heavy atom. The lowest BCUT2D eigenvalue weighted by Crippen LogP contribution is -2.37. The summed E-state index contributed by atoms with van der Waals surface area (Å²) in [4.78, 5) is 13.9. The van der Waals surface area contributed by atoms with Crippen LogP contribution in [0.15, 0.2) is 0 Å². The van der Waals surface area contributed by atoms with Crippen molar-refractivity contribution in [2.45, 2.75) is 39.2 Å². The van der Waals surface area contributed by atoms with Crippen LogP contribution in [0.1, 0.15) is 33.1 Å². The second-order valence-electron chi connectivity index (χ2n) is 4.88. The quantitative estimate of drug-likeness (QED) is 0.660. The van der Waals surface area contributed by atoms with Gasteiger partial charge in [0.15, 0.2) is 0 Å². The number of likely N-dealkylation sites (tertiary alicyclic amines) is 1.